The Labute approximate surface area is 210 Å². The number of hydrogen-bond donors (Lipinski definition) is 0. The number of fused-ring (bicyclic) bond motifs is 1. The maximum Gasteiger partial charge on any atom is 0.237 e. The van der Waals surface area contributed by atoms with Crippen LogP contribution in [0.2, 0.25) is 0 Å². The molecule has 1 unspecified atom stereocenters. The van der Waals surface area contributed by atoms with Gasteiger partial charge in [-0.05, 0) is 88.5 Å². The lowest BCUT2D eigenvalue weighted by Crippen LogP contribution is -2.43. The molecule has 2 heterocycles. The van der Waals surface area contributed by atoms with Crippen LogP contribution in [0.4, 0.5) is 5.69 Å². The van der Waals surface area contributed by atoms with Gasteiger partial charge >= 0.3 is 0 Å². The van der Waals surface area contributed by atoms with E-state index < -0.39 is 15.3 Å². The highest BCUT2D eigenvalue weighted by molar-refractivity contribution is 7.93. The van der Waals surface area contributed by atoms with Gasteiger partial charge in [-0.3, -0.25) is 14.2 Å². The summed E-state index contributed by atoms with van der Waals surface area (Å²) in [6, 6.07) is 18.5. The largest absolute Gasteiger partial charge is 0.492 e. The number of hydrogen-bond acceptors (Lipinski definition) is 5. The third-order valence-electron chi connectivity index (χ3n) is 6.94. The van der Waals surface area contributed by atoms with E-state index in [4.69, 9.17) is 4.74 Å². The highest BCUT2D eigenvalue weighted by atomic mass is 32.2. The molecule has 1 aliphatic heterocycles. The molecule has 3 aromatic rings. The number of rotatable bonds is 9. The number of benzene rings is 2. The van der Waals surface area contributed by atoms with E-state index in [9.17, 15) is 8.42 Å². The van der Waals surface area contributed by atoms with Crippen LogP contribution < -0.4 is 9.04 Å². The van der Waals surface area contributed by atoms with Gasteiger partial charge in [0.2, 0.25) is 10.0 Å². The summed E-state index contributed by atoms with van der Waals surface area (Å²) in [5, 5.41) is 0.595. The summed E-state index contributed by atoms with van der Waals surface area (Å²) >= 11 is 0. The minimum absolute atomic E-state index is 0.423. The first kappa shape index (κ1) is 25.5. The predicted molar refractivity (Wildman–Crippen MR) is 144 cm³/mol. The third-order valence-corrected chi connectivity index (χ3v) is 9.10. The van der Waals surface area contributed by atoms with Gasteiger partial charge in [0.25, 0.3) is 0 Å². The van der Waals surface area contributed by atoms with Crippen molar-refractivity contribution in [1.82, 2.24) is 9.88 Å². The normalized spacial score (nSPS) is 17.1. The van der Waals surface area contributed by atoms with E-state index >= 15 is 0 Å². The highest BCUT2D eigenvalue weighted by Gasteiger charge is 2.25. The smallest absolute Gasteiger partial charge is 0.237 e. The second-order valence-corrected chi connectivity index (χ2v) is 12.3. The topological polar surface area (TPSA) is 62.7 Å². The third kappa shape index (κ3) is 5.96. The van der Waals surface area contributed by atoms with Crippen molar-refractivity contribution in [3.63, 3.8) is 0 Å². The Kier molecular flexibility index (Phi) is 7.97. The molecule has 1 saturated heterocycles. The summed E-state index contributed by atoms with van der Waals surface area (Å²) in [6.07, 6.45) is 4.46. The zero-order valence-electron chi connectivity index (χ0n) is 21.3. The molecule has 0 aliphatic carbocycles. The highest BCUT2D eigenvalue weighted by Crippen LogP contribution is 2.26. The van der Waals surface area contributed by atoms with Crippen molar-refractivity contribution in [1.29, 1.82) is 0 Å². The first-order valence-corrected chi connectivity index (χ1v) is 14.1. The van der Waals surface area contributed by atoms with Gasteiger partial charge in [0, 0.05) is 30.7 Å². The number of piperidine rings is 1. The van der Waals surface area contributed by atoms with Gasteiger partial charge < -0.3 is 4.74 Å². The van der Waals surface area contributed by atoms with E-state index in [1.807, 2.05) is 49.4 Å². The van der Waals surface area contributed by atoms with Gasteiger partial charge in [0.05, 0.1) is 16.5 Å². The van der Waals surface area contributed by atoms with Gasteiger partial charge in [-0.25, -0.2) is 8.42 Å². The summed E-state index contributed by atoms with van der Waals surface area (Å²) < 4.78 is 32.9. The fraction of sp³-hybridized carbons (Fsp3) is 0.464. The monoisotopic (exact) mass is 495 g/mol. The van der Waals surface area contributed by atoms with Crippen molar-refractivity contribution in [3.05, 3.63) is 65.9 Å². The number of aryl methyl sites for hydroxylation is 1. The van der Waals surface area contributed by atoms with Crippen LogP contribution in [0.15, 0.2) is 54.6 Å². The molecular formula is C28H37N3O3S. The van der Waals surface area contributed by atoms with Crippen molar-refractivity contribution in [3.8, 4) is 5.75 Å². The number of likely N-dealkylation sites (tertiary alicyclic amines) is 1. The van der Waals surface area contributed by atoms with Gasteiger partial charge in [0.15, 0.2) is 0 Å². The molecule has 7 heteroatoms. The Morgan fingerprint density at radius 1 is 1.11 bits per heavy atom. The van der Waals surface area contributed by atoms with E-state index in [-0.39, 0.29) is 0 Å². The zero-order valence-corrected chi connectivity index (χ0v) is 22.1. The Bertz CT molecular complexity index is 1260. The van der Waals surface area contributed by atoms with Crippen molar-refractivity contribution in [2.24, 2.45) is 0 Å². The summed E-state index contributed by atoms with van der Waals surface area (Å²) in [7, 11) is -1.70. The molecule has 0 bridgehead atoms. The van der Waals surface area contributed by atoms with Gasteiger partial charge in [-0.2, -0.15) is 0 Å². The van der Waals surface area contributed by atoms with Gasteiger partial charge in [-0.1, -0.05) is 24.6 Å². The molecule has 2 aromatic carbocycles. The number of pyridine rings is 1. The molecule has 0 amide bonds. The zero-order chi connectivity index (χ0) is 25.0. The van der Waals surface area contributed by atoms with Gasteiger partial charge in [0.1, 0.15) is 12.4 Å². The van der Waals surface area contributed by atoms with Crippen molar-refractivity contribution >= 4 is 26.6 Å². The van der Waals surface area contributed by atoms with Crippen LogP contribution in [-0.4, -0.2) is 56.3 Å². The fourth-order valence-electron chi connectivity index (χ4n) is 4.83. The quantitative estimate of drug-likeness (QED) is 0.409. The first-order valence-electron chi connectivity index (χ1n) is 12.6. The average molecular weight is 496 g/mol. The van der Waals surface area contributed by atoms with Crippen LogP contribution in [0.25, 0.3) is 10.9 Å². The Morgan fingerprint density at radius 2 is 1.91 bits per heavy atom. The number of anilines is 1. The minimum Gasteiger partial charge on any atom is -0.492 e. The fourth-order valence-corrected chi connectivity index (χ4v) is 5.87. The van der Waals surface area contributed by atoms with E-state index in [1.165, 1.54) is 22.7 Å². The molecule has 1 fully saturated rings. The average Bonchev–Trinajstić information content (AvgIpc) is 2.84. The molecule has 0 radical (unpaired) electrons. The van der Waals surface area contributed by atoms with E-state index in [0.29, 0.717) is 12.6 Å². The van der Waals surface area contributed by atoms with E-state index in [0.717, 1.165) is 54.0 Å². The maximum absolute atomic E-state index is 12.6. The van der Waals surface area contributed by atoms with Crippen LogP contribution >= 0.6 is 0 Å². The van der Waals surface area contributed by atoms with E-state index in [2.05, 4.69) is 22.0 Å². The Morgan fingerprint density at radius 3 is 2.71 bits per heavy atom. The first-order chi connectivity index (χ1) is 16.8. The lowest BCUT2D eigenvalue weighted by atomic mass is 9.95. The van der Waals surface area contributed by atoms with Crippen molar-refractivity contribution < 1.29 is 13.2 Å². The van der Waals surface area contributed by atoms with Crippen LogP contribution in [0.1, 0.15) is 44.4 Å². The van der Waals surface area contributed by atoms with Crippen LogP contribution in [0.5, 0.6) is 5.75 Å². The molecule has 0 spiro atoms. The summed E-state index contributed by atoms with van der Waals surface area (Å²) in [5.74, 6) is 0.880. The lowest BCUT2D eigenvalue weighted by Gasteiger charge is -2.36. The van der Waals surface area contributed by atoms with Crippen LogP contribution in [-0.2, 0) is 16.4 Å². The molecule has 35 heavy (non-hydrogen) atoms. The summed E-state index contributed by atoms with van der Waals surface area (Å²) in [4.78, 5) is 7.13. The van der Waals surface area contributed by atoms with Gasteiger partial charge in [-0.15, -0.1) is 0 Å². The summed E-state index contributed by atoms with van der Waals surface area (Å²) in [6.45, 7) is 7.98. The number of aromatic nitrogens is 1. The van der Waals surface area contributed by atoms with Crippen molar-refractivity contribution in [2.45, 2.75) is 57.7 Å². The second-order valence-electron chi connectivity index (χ2n) is 9.74. The summed E-state index contributed by atoms with van der Waals surface area (Å²) in [5.41, 5.74) is 3.86. The Balaban J connectivity index is 1.41. The lowest BCUT2D eigenvalue weighted by molar-refractivity contribution is 0.123. The number of nitrogens with zero attached hydrogens (tertiary/aromatic N) is 3. The molecular weight excluding hydrogens is 458 g/mol. The van der Waals surface area contributed by atoms with E-state index in [1.54, 1.807) is 20.9 Å². The molecule has 1 atom stereocenters. The number of ether oxygens (including phenoxy) is 1. The van der Waals surface area contributed by atoms with Crippen LogP contribution in [0, 0.1) is 6.92 Å². The second kappa shape index (κ2) is 11.0. The molecule has 1 aliphatic rings. The maximum atomic E-state index is 12.6. The molecule has 0 saturated carbocycles. The Hall–Kier alpha value is -2.64. The molecule has 6 nitrogen and oxygen atoms in total. The molecule has 1 aromatic heterocycles. The molecule has 188 valence electrons. The SMILES string of the molecule is Cc1ccc2c(OCCN3CCCCC3Cc3cccc(N(C)S(=O)(=O)C(C)C)c3)cccc2n1. The standard InChI is InChI=1S/C28H37N3O3S/c1-21(2)35(32,33)30(4)24-11-7-9-23(19-24)20-25-10-5-6-16-31(25)17-18-34-28-13-8-12-27-26(28)15-14-22(3)29-27/h7-9,11-15,19,21,25H,5-6,10,16-18,20H2,1-4H3. The minimum atomic E-state index is -3.35. The predicted octanol–water partition coefficient (Wildman–Crippen LogP) is 5.19. The number of sulfonamides is 1. The molecule has 0 N–H and O–H groups in total. The van der Waals surface area contributed by atoms with Crippen LogP contribution in [0.3, 0.4) is 0 Å². The molecule has 4 rings (SSSR count). The van der Waals surface area contributed by atoms with Crippen molar-refractivity contribution in [2.75, 3.05) is 31.0 Å².